The van der Waals surface area contributed by atoms with Crippen molar-refractivity contribution < 1.29 is 4.79 Å². The van der Waals surface area contributed by atoms with Crippen LogP contribution in [0.15, 0.2) is 24.3 Å². The summed E-state index contributed by atoms with van der Waals surface area (Å²) < 4.78 is 0. The van der Waals surface area contributed by atoms with Crippen molar-refractivity contribution in [1.82, 2.24) is 4.90 Å². The van der Waals surface area contributed by atoms with Crippen LogP contribution in [0.4, 0.5) is 0 Å². The van der Waals surface area contributed by atoms with Crippen LogP contribution in [0.2, 0.25) is 0 Å². The summed E-state index contributed by atoms with van der Waals surface area (Å²) in [6.45, 7) is 10.0. The van der Waals surface area contributed by atoms with Crippen molar-refractivity contribution in [2.45, 2.75) is 34.1 Å². The maximum atomic E-state index is 12.9. The molecule has 1 aromatic rings. The molecule has 0 bridgehead atoms. The van der Waals surface area contributed by atoms with E-state index in [0.29, 0.717) is 28.8 Å². The SMILES string of the molecule is CC(C)CN(CC(C)C)C(=O)c1ccccc1CC(N)=S. The minimum absolute atomic E-state index is 0.0734. The zero-order chi connectivity index (χ0) is 16.0. The van der Waals surface area contributed by atoms with E-state index in [1.165, 1.54) is 0 Å². The first kappa shape index (κ1) is 17.6. The van der Waals surface area contributed by atoms with Crippen LogP contribution in [-0.4, -0.2) is 28.9 Å². The third kappa shape index (κ3) is 5.84. The van der Waals surface area contributed by atoms with Crippen molar-refractivity contribution >= 4 is 23.1 Å². The van der Waals surface area contributed by atoms with Gasteiger partial charge in [-0.2, -0.15) is 0 Å². The van der Waals surface area contributed by atoms with Gasteiger partial charge < -0.3 is 10.6 Å². The van der Waals surface area contributed by atoms with Crippen LogP contribution in [-0.2, 0) is 6.42 Å². The topological polar surface area (TPSA) is 46.3 Å². The lowest BCUT2D eigenvalue weighted by atomic mass is 10.0. The molecule has 0 aliphatic heterocycles. The molecule has 0 aliphatic carbocycles. The number of hydrogen-bond acceptors (Lipinski definition) is 2. The predicted molar refractivity (Wildman–Crippen MR) is 92.5 cm³/mol. The Morgan fingerprint density at radius 1 is 1.14 bits per heavy atom. The highest BCUT2D eigenvalue weighted by molar-refractivity contribution is 7.80. The van der Waals surface area contributed by atoms with Gasteiger partial charge in [-0.1, -0.05) is 58.1 Å². The van der Waals surface area contributed by atoms with Gasteiger partial charge in [-0.3, -0.25) is 4.79 Å². The zero-order valence-electron chi connectivity index (χ0n) is 13.4. The quantitative estimate of drug-likeness (QED) is 0.786. The highest BCUT2D eigenvalue weighted by Gasteiger charge is 2.20. The first-order valence-electron chi connectivity index (χ1n) is 7.46. The molecule has 0 aliphatic rings. The number of rotatable bonds is 7. The summed E-state index contributed by atoms with van der Waals surface area (Å²) in [5.41, 5.74) is 7.26. The molecule has 2 N–H and O–H groups in total. The molecule has 116 valence electrons. The third-order valence-electron chi connectivity index (χ3n) is 3.07. The number of amides is 1. The van der Waals surface area contributed by atoms with Crippen molar-refractivity contribution in [2.75, 3.05) is 13.1 Å². The van der Waals surface area contributed by atoms with E-state index in [1.54, 1.807) is 0 Å². The molecular weight excluding hydrogens is 280 g/mol. The monoisotopic (exact) mass is 306 g/mol. The fraction of sp³-hybridized carbons (Fsp3) is 0.529. The van der Waals surface area contributed by atoms with Crippen LogP contribution >= 0.6 is 12.2 Å². The van der Waals surface area contributed by atoms with Crippen LogP contribution in [0.1, 0.15) is 43.6 Å². The Morgan fingerprint density at radius 2 is 1.67 bits per heavy atom. The van der Waals surface area contributed by atoms with E-state index in [-0.39, 0.29) is 5.91 Å². The Hall–Kier alpha value is -1.42. The highest BCUT2D eigenvalue weighted by atomic mass is 32.1. The number of nitrogens with two attached hydrogens (primary N) is 1. The standard InChI is InChI=1S/C17H26N2OS/c1-12(2)10-19(11-13(3)4)17(20)15-8-6-5-7-14(15)9-16(18)21/h5-8,12-13H,9-11H2,1-4H3,(H2,18,21). The second-order valence-electron chi connectivity index (χ2n) is 6.30. The summed E-state index contributed by atoms with van der Waals surface area (Å²) in [6, 6.07) is 7.60. The molecule has 4 heteroatoms. The van der Waals surface area contributed by atoms with Gasteiger partial charge in [-0.25, -0.2) is 0 Å². The Balaban J connectivity index is 3.05. The molecule has 0 radical (unpaired) electrons. The fourth-order valence-corrected chi connectivity index (χ4v) is 2.52. The number of hydrogen-bond donors (Lipinski definition) is 1. The average Bonchev–Trinajstić information content (AvgIpc) is 2.36. The summed E-state index contributed by atoms with van der Waals surface area (Å²) in [5, 5.41) is 0. The molecule has 1 aromatic carbocycles. The number of thiocarbonyl (C=S) groups is 1. The van der Waals surface area contributed by atoms with E-state index in [4.69, 9.17) is 18.0 Å². The number of carbonyl (C=O) groups excluding carboxylic acids is 1. The molecule has 1 amide bonds. The van der Waals surface area contributed by atoms with Crippen LogP contribution in [0, 0.1) is 11.8 Å². The van der Waals surface area contributed by atoms with Gasteiger partial charge in [0.25, 0.3) is 5.91 Å². The first-order valence-corrected chi connectivity index (χ1v) is 7.87. The first-order chi connectivity index (χ1) is 9.81. The predicted octanol–water partition coefficient (Wildman–Crippen LogP) is 3.27. The lowest BCUT2D eigenvalue weighted by molar-refractivity contribution is 0.0714. The normalized spacial score (nSPS) is 11.0. The zero-order valence-corrected chi connectivity index (χ0v) is 14.2. The van der Waals surface area contributed by atoms with Gasteiger partial charge in [0, 0.05) is 25.1 Å². The fourth-order valence-electron chi connectivity index (χ4n) is 2.36. The van der Waals surface area contributed by atoms with E-state index < -0.39 is 0 Å². The maximum absolute atomic E-state index is 12.9. The molecule has 0 unspecified atom stereocenters. The van der Waals surface area contributed by atoms with Gasteiger partial charge in [0.1, 0.15) is 0 Å². The minimum atomic E-state index is 0.0734. The molecule has 3 nitrogen and oxygen atoms in total. The Labute approximate surface area is 133 Å². The largest absolute Gasteiger partial charge is 0.393 e. The molecule has 21 heavy (non-hydrogen) atoms. The third-order valence-corrected chi connectivity index (χ3v) is 3.22. The van der Waals surface area contributed by atoms with Crippen LogP contribution in [0.5, 0.6) is 0 Å². The summed E-state index contributed by atoms with van der Waals surface area (Å²) in [4.78, 5) is 15.2. The summed E-state index contributed by atoms with van der Waals surface area (Å²) in [6.07, 6.45) is 0.467. The summed E-state index contributed by atoms with van der Waals surface area (Å²) in [5.74, 6) is 0.954. The molecule has 0 heterocycles. The Morgan fingerprint density at radius 3 is 2.14 bits per heavy atom. The highest BCUT2D eigenvalue weighted by Crippen LogP contribution is 2.15. The van der Waals surface area contributed by atoms with Gasteiger partial charge in [0.05, 0.1) is 4.99 Å². The van der Waals surface area contributed by atoms with Crippen LogP contribution in [0.25, 0.3) is 0 Å². The number of nitrogens with zero attached hydrogens (tertiary/aromatic N) is 1. The molecule has 0 fully saturated rings. The van der Waals surface area contributed by atoms with Crippen molar-refractivity contribution in [3.8, 4) is 0 Å². The summed E-state index contributed by atoms with van der Waals surface area (Å²) >= 11 is 4.98. The van der Waals surface area contributed by atoms with Crippen molar-refractivity contribution in [3.63, 3.8) is 0 Å². The van der Waals surface area contributed by atoms with Gasteiger partial charge in [0.2, 0.25) is 0 Å². The molecule has 0 atom stereocenters. The van der Waals surface area contributed by atoms with E-state index in [9.17, 15) is 4.79 Å². The van der Waals surface area contributed by atoms with Gasteiger partial charge in [0.15, 0.2) is 0 Å². The van der Waals surface area contributed by atoms with Gasteiger partial charge in [-0.15, -0.1) is 0 Å². The molecule has 0 saturated heterocycles. The Bertz CT molecular complexity index is 487. The minimum Gasteiger partial charge on any atom is -0.393 e. The molecule has 1 rings (SSSR count). The van der Waals surface area contributed by atoms with E-state index in [0.717, 1.165) is 18.7 Å². The van der Waals surface area contributed by atoms with Crippen molar-refractivity contribution in [3.05, 3.63) is 35.4 Å². The molecule has 0 aromatic heterocycles. The van der Waals surface area contributed by atoms with Crippen LogP contribution < -0.4 is 5.73 Å². The molecular formula is C17H26N2OS. The second kappa shape index (κ2) is 8.13. The lowest BCUT2D eigenvalue weighted by Crippen LogP contribution is -2.37. The Kier molecular flexibility index (Phi) is 6.82. The average molecular weight is 306 g/mol. The molecule has 0 spiro atoms. The van der Waals surface area contributed by atoms with Gasteiger partial charge >= 0.3 is 0 Å². The molecule has 0 saturated carbocycles. The van der Waals surface area contributed by atoms with Crippen LogP contribution in [0.3, 0.4) is 0 Å². The van der Waals surface area contributed by atoms with E-state index >= 15 is 0 Å². The smallest absolute Gasteiger partial charge is 0.254 e. The number of benzene rings is 1. The van der Waals surface area contributed by atoms with Gasteiger partial charge in [-0.05, 0) is 23.5 Å². The van der Waals surface area contributed by atoms with E-state index in [1.807, 2.05) is 29.2 Å². The van der Waals surface area contributed by atoms with Crippen molar-refractivity contribution in [2.24, 2.45) is 17.6 Å². The number of carbonyl (C=O) groups is 1. The summed E-state index contributed by atoms with van der Waals surface area (Å²) in [7, 11) is 0. The van der Waals surface area contributed by atoms with Crippen molar-refractivity contribution in [1.29, 1.82) is 0 Å². The lowest BCUT2D eigenvalue weighted by Gasteiger charge is -2.27. The van der Waals surface area contributed by atoms with E-state index in [2.05, 4.69) is 27.7 Å². The second-order valence-corrected chi connectivity index (χ2v) is 6.82. The maximum Gasteiger partial charge on any atom is 0.254 e.